The number of hydrogen-bond donors (Lipinski definition) is 1. The van der Waals surface area contributed by atoms with Gasteiger partial charge >= 0.3 is 5.97 Å². The van der Waals surface area contributed by atoms with Crippen LogP contribution in [0.3, 0.4) is 0 Å². The van der Waals surface area contributed by atoms with E-state index in [0.717, 1.165) is 30.6 Å². The molecule has 2 rings (SSSR count). The highest BCUT2D eigenvalue weighted by Crippen LogP contribution is 2.21. The zero-order valence-corrected chi connectivity index (χ0v) is 11.6. The van der Waals surface area contributed by atoms with Gasteiger partial charge < -0.3 is 14.6 Å². The maximum atomic E-state index is 12.3. The van der Waals surface area contributed by atoms with Gasteiger partial charge in [0, 0.05) is 31.2 Å². The summed E-state index contributed by atoms with van der Waals surface area (Å²) in [5, 5.41) is 9.19. The highest BCUT2D eigenvalue weighted by molar-refractivity contribution is 5.87. The number of fused-ring (bicyclic) bond motifs is 1. The van der Waals surface area contributed by atoms with Gasteiger partial charge in [0.15, 0.2) is 0 Å². The fourth-order valence-corrected chi connectivity index (χ4v) is 2.61. The molecule has 1 aliphatic rings. The Morgan fingerprint density at radius 1 is 1.53 bits per heavy atom. The molecule has 5 nitrogen and oxygen atoms in total. The molecule has 1 aromatic rings. The third-order valence-electron chi connectivity index (χ3n) is 3.86. The van der Waals surface area contributed by atoms with Crippen LogP contribution in [0.25, 0.3) is 0 Å². The number of carboxylic acid groups (broad SMARTS) is 1. The Morgan fingerprint density at radius 3 is 2.79 bits per heavy atom. The monoisotopic (exact) mass is 264 g/mol. The fourth-order valence-electron chi connectivity index (χ4n) is 2.61. The van der Waals surface area contributed by atoms with Crippen LogP contribution in [0.2, 0.25) is 0 Å². The van der Waals surface area contributed by atoms with E-state index in [4.69, 9.17) is 0 Å². The molecule has 1 aliphatic heterocycles. The molecule has 0 amide bonds. The molecule has 0 radical (unpaired) electrons. The quantitative estimate of drug-likeness (QED) is 0.898. The molecule has 0 fully saturated rings. The Balaban J connectivity index is 2.69. The van der Waals surface area contributed by atoms with Gasteiger partial charge in [0.25, 0.3) is 5.56 Å². The Hall–Kier alpha value is -1.62. The molecule has 1 N–H and O–H groups in total. The fraction of sp³-hybridized carbons (Fsp3) is 0.571. The topological polar surface area (TPSA) is 62.5 Å². The summed E-state index contributed by atoms with van der Waals surface area (Å²) in [5.74, 6) is -1.14. The lowest BCUT2D eigenvalue weighted by Gasteiger charge is -2.29. The second-order valence-corrected chi connectivity index (χ2v) is 5.26. The second kappa shape index (κ2) is 5.17. The maximum absolute atomic E-state index is 12.3. The van der Waals surface area contributed by atoms with E-state index in [2.05, 4.69) is 4.90 Å². The van der Waals surface area contributed by atoms with Gasteiger partial charge in [0.2, 0.25) is 0 Å². The minimum atomic E-state index is -1.14. The van der Waals surface area contributed by atoms with Gasteiger partial charge in [0.1, 0.15) is 5.56 Å². The SMILES string of the molecule is CCC(C)n1c2c(cc(C(=O)O)c1=O)CN(C)CC2. The van der Waals surface area contributed by atoms with Crippen LogP contribution < -0.4 is 5.56 Å². The van der Waals surface area contributed by atoms with Crippen molar-refractivity contribution in [1.29, 1.82) is 0 Å². The normalized spacial score (nSPS) is 17.0. The zero-order valence-electron chi connectivity index (χ0n) is 11.6. The Bertz CT molecular complexity index is 563. The van der Waals surface area contributed by atoms with E-state index in [0.29, 0.717) is 6.54 Å². The number of likely N-dealkylation sites (N-methyl/N-ethyl adjacent to an activating group) is 1. The Morgan fingerprint density at radius 2 is 2.21 bits per heavy atom. The Kier molecular flexibility index (Phi) is 3.75. The third-order valence-corrected chi connectivity index (χ3v) is 3.86. The van der Waals surface area contributed by atoms with E-state index >= 15 is 0 Å². The molecule has 1 unspecified atom stereocenters. The van der Waals surface area contributed by atoms with Gasteiger partial charge in [-0.2, -0.15) is 0 Å². The van der Waals surface area contributed by atoms with Crippen LogP contribution in [-0.4, -0.2) is 34.1 Å². The molecule has 1 atom stereocenters. The van der Waals surface area contributed by atoms with Crippen molar-refractivity contribution >= 4 is 5.97 Å². The van der Waals surface area contributed by atoms with Crippen LogP contribution in [0.1, 0.15) is 47.9 Å². The number of pyridine rings is 1. The molecular weight excluding hydrogens is 244 g/mol. The molecule has 0 saturated heterocycles. The smallest absolute Gasteiger partial charge is 0.341 e. The van der Waals surface area contributed by atoms with Gasteiger partial charge in [-0.05, 0) is 32.0 Å². The molecular formula is C14H20N2O3. The van der Waals surface area contributed by atoms with Crippen molar-refractivity contribution in [3.8, 4) is 0 Å². The van der Waals surface area contributed by atoms with Crippen molar-refractivity contribution in [3.05, 3.63) is 33.2 Å². The first-order chi connectivity index (χ1) is 8.95. The summed E-state index contributed by atoms with van der Waals surface area (Å²) in [6.07, 6.45) is 1.61. The molecule has 0 saturated carbocycles. The van der Waals surface area contributed by atoms with Crippen LogP contribution in [0.15, 0.2) is 10.9 Å². The lowest BCUT2D eigenvalue weighted by molar-refractivity contribution is 0.0693. The highest BCUT2D eigenvalue weighted by atomic mass is 16.4. The summed E-state index contributed by atoms with van der Waals surface area (Å²) in [6.45, 7) is 5.57. The minimum Gasteiger partial charge on any atom is -0.477 e. The van der Waals surface area contributed by atoms with Crippen molar-refractivity contribution in [2.75, 3.05) is 13.6 Å². The number of rotatable bonds is 3. The lowest BCUT2D eigenvalue weighted by Crippen LogP contribution is -2.37. The Labute approximate surface area is 112 Å². The van der Waals surface area contributed by atoms with Crippen LogP contribution >= 0.6 is 0 Å². The van der Waals surface area contributed by atoms with Gasteiger partial charge in [-0.3, -0.25) is 4.79 Å². The molecule has 5 heteroatoms. The summed E-state index contributed by atoms with van der Waals surface area (Å²) >= 11 is 0. The van der Waals surface area contributed by atoms with Crippen LogP contribution in [-0.2, 0) is 13.0 Å². The van der Waals surface area contributed by atoms with E-state index in [1.807, 2.05) is 20.9 Å². The molecule has 0 bridgehead atoms. The molecule has 2 heterocycles. The molecule has 0 spiro atoms. The molecule has 104 valence electrons. The van der Waals surface area contributed by atoms with Crippen LogP contribution in [0, 0.1) is 0 Å². The average Bonchev–Trinajstić information content (AvgIpc) is 2.37. The summed E-state index contributed by atoms with van der Waals surface area (Å²) < 4.78 is 1.69. The number of hydrogen-bond acceptors (Lipinski definition) is 3. The second-order valence-electron chi connectivity index (χ2n) is 5.26. The molecule has 0 aliphatic carbocycles. The van der Waals surface area contributed by atoms with E-state index < -0.39 is 5.97 Å². The summed E-state index contributed by atoms with van der Waals surface area (Å²) in [7, 11) is 2.00. The van der Waals surface area contributed by atoms with Gasteiger partial charge in [0.05, 0.1) is 0 Å². The minimum absolute atomic E-state index is 0.0314. The van der Waals surface area contributed by atoms with Crippen LogP contribution in [0.5, 0.6) is 0 Å². The predicted octanol–water partition coefficient (Wildman–Crippen LogP) is 1.51. The van der Waals surface area contributed by atoms with Crippen molar-refractivity contribution < 1.29 is 9.90 Å². The zero-order chi connectivity index (χ0) is 14.2. The van der Waals surface area contributed by atoms with Crippen molar-refractivity contribution in [2.45, 2.75) is 39.3 Å². The first-order valence-electron chi connectivity index (χ1n) is 6.64. The van der Waals surface area contributed by atoms with Crippen LogP contribution in [0.4, 0.5) is 0 Å². The number of aromatic carboxylic acids is 1. The standard InChI is InChI=1S/C14H20N2O3/c1-4-9(2)16-12-5-6-15(3)8-10(12)7-11(13(16)17)14(18)19/h7,9H,4-6,8H2,1-3H3,(H,18,19). The first kappa shape index (κ1) is 13.8. The number of carbonyl (C=O) groups is 1. The summed E-state index contributed by atoms with van der Waals surface area (Å²) in [6, 6.07) is 1.58. The molecule has 0 aromatic carbocycles. The predicted molar refractivity (Wildman–Crippen MR) is 72.7 cm³/mol. The van der Waals surface area contributed by atoms with Gasteiger partial charge in [-0.1, -0.05) is 6.92 Å². The van der Waals surface area contributed by atoms with Crippen molar-refractivity contribution in [1.82, 2.24) is 9.47 Å². The summed E-state index contributed by atoms with van der Waals surface area (Å²) in [5.41, 5.74) is 1.48. The van der Waals surface area contributed by atoms with E-state index in [1.54, 1.807) is 10.6 Å². The lowest BCUT2D eigenvalue weighted by atomic mass is 10.0. The molecule has 1 aromatic heterocycles. The highest BCUT2D eigenvalue weighted by Gasteiger charge is 2.24. The van der Waals surface area contributed by atoms with E-state index in [1.165, 1.54) is 0 Å². The average molecular weight is 264 g/mol. The van der Waals surface area contributed by atoms with Crippen molar-refractivity contribution in [2.24, 2.45) is 0 Å². The molecule has 19 heavy (non-hydrogen) atoms. The number of carboxylic acids is 1. The summed E-state index contributed by atoms with van der Waals surface area (Å²) in [4.78, 5) is 25.7. The first-order valence-corrected chi connectivity index (χ1v) is 6.64. The van der Waals surface area contributed by atoms with E-state index in [9.17, 15) is 14.7 Å². The maximum Gasteiger partial charge on any atom is 0.341 e. The third kappa shape index (κ3) is 2.42. The van der Waals surface area contributed by atoms with E-state index in [-0.39, 0.29) is 17.2 Å². The van der Waals surface area contributed by atoms with Crippen molar-refractivity contribution in [3.63, 3.8) is 0 Å². The largest absolute Gasteiger partial charge is 0.477 e. The van der Waals surface area contributed by atoms with Gasteiger partial charge in [-0.15, -0.1) is 0 Å². The number of nitrogens with zero attached hydrogens (tertiary/aromatic N) is 2. The number of aromatic nitrogens is 1. The van der Waals surface area contributed by atoms with Gasteiger partial charge in [-0.25, -0.2) is 4.79 Å².